The number of hydrogen-bond donors (Lipinski definition) is 3. The largest absolute Gasteiger partial charge is 0.504 e. The maximum atomic E-state index is 9.39. The number of nitrogens with zero attached hydrogens (tertiary/aromatic N) is 1. The number of benzene rings is 1. The third-order valence-electron chi connectivity index (χ3n) is 2.57. The molecule has 2 aromatic rings. The van der Waals surface area contributed by atoms with E-state index in [0.29, 0.717) is 6.54 Å². The molecule has 0 atom stereocenters. The van der Waals surface area contributed by atoms with Crippen molar-refractivity contribution in [3.63, 3.8) is 0 Å². The summed E-state index contributed by atoms with van der Waals surface area (Å²) in [6.45, 7) is 2.47. The number of aromatic nitrogens is 1. The van der Waals surface area contributed by atoms with E-state index in [0.717, 1.165) is 21.5 Å². The van der Waals surface area contributed by atoms with Crippen molar-refractivity contribution in [3.8, 4) is 11.5 Å². The Kier molecular flexibility index (Phi) is 3.72. The van der Waals surface area contributed by atoms with Gasteiger partial charge in [-0.15, -0.1) is 0 Å². The predicted molar refractivity (Wildman–Crippen MR) is 73.8 cm³/mol. The second-order valence-electron chi connectivity index (χ2n) is 3.94. The normalized spacial score (nSPS) is 10.3. The monoisotopic (exact) mass is 308 g/mol. The fraction of sp³-hybridized carbons (Fsp3) is 0.154. The van der Waals surface area contributed by atoms with Gasteiger partial charge < -0.3 is 15.5 Å². The minimum atomic E-state index is -0.111. The Labute approximate surface area is 113 Å². The van der Waals surface area contributed by atoms with Gasteiger partial charge in [0, 0.05) is 6.54 Å². The molecule has 1 heterocycles. The molecule has 0 saturated carbocycles. The molecule has 0 saturated heterocycles. The van der Waals surface area contributed by atoms with Gasteiger partial charge in [-0.25, -0.2) is 4.98 Å². The number of nitrogens with one attached hydrogen (secondary N) is 1. The van der Waals surface area contributed by atoms with Gasteiger partial charge in [-0.05, 0) is 52.7 Å². The number of aryl methyl sites for hydroxylation is 1. The summed E-state index contributed by atoms with van der Waals surface area (Å²) in [6.07, 6.45) is 0. The molecule has 0 unspecified atom stereocenters. The summed E-state index contributed by atoms with van der Waals surface area (Å²) in [7, 11) is 0. The average Bonchev–Trinajstić information content (AvgIpc) is 2.32. The number of phenols is 2. The summed E-state index contributed by atoms with van der Waals surface area (Å²) < 4.78 is 0.799. The van der Waals surface area contributed by atoms with Crippen molar-refractivity contribution in [3.05, 3.63) is 46.2 Å². The van der Waals surface area contributed by atoms with E-state index in [-0.39, 0.29) is 11.5 Å². The first-order valence-electron chi connectivity index (χ1n) is 5.44. The van der Waals surface area contributed by atoms with E-state index in [1.54, 1.807) is 6.07 Å². The Bertz CT molecular complexity index is 573. The van der Waals surface area contributed by atoms with Crippen LogP contribution in [0.25, 0.3) is 0 Å². The summed E-state index contributed by atoms with van der Waals surface area (Å²) in [4.78, 5) is 4.28. The Morgan fingerprint density at radius 1 is 1.17 bits per heavy atom. The van der Waals surface area contributed by atoms with Gasteiger partial charge in [0.05, 0.1) is 11.4 Å². The molecule has 0 radical (unpaired) electrons. The van der Waals surface area contributed by atoms with Crippen molar-refractivity contribution in [1.82, 2.24) is 4.98 Å². The number of hydrogen-bond acceptors (Lipinski definition) is 4. The number of aromatic hydroxyl groups is 2. The maximum absolute atomic E-state index is 9.39. The van der Waals surface area contributed by atoms with E-state index in [2.05, 4.69) is 26.2 Å². The SMILES string of the molecule is Cc1nc(Br)ccc1NCc1ccc(O)c(O)c1. The van der Waals surface area contributed by atoms with Gasteiger partial charge in [-0.3, -0.25) is 0 Å². The van der Waals surface area contributed by atoms with Crippen LogP contribution in [0.15, 0.2) is 34.9 Å². The minimum absolute atomic E-state index is 0.111. The van der Waals surface area contributed by atoms with Crippen molar-refractivity contribution >= 4 is 21.6 Å². The van der Waals surface area contributed by atoms with Crippen LogP contribution < -0.4 is 5.32 Å². The van der Waals surface area contributed by atoms with Crippen LogP contribution in [0, 0.1) is 6.92 Å². The lowest BCUT2D eigenvalue weighted by molar-refractivity contribution is 0.403. The van der Waals surface area contributed by atoms with Crippen LogP contribution in [0.1, 0.15) is 11.3 Å². The smallest absolute Gasteiger partial charge is 0.157 e. The molecule has 0 bridgehead atoms. The molecular formula is C13H13BrN2O2. The predicted octanol–water partition coefficient (Wildman–Crippen LogP) is 3.18. The highest BCUT2D eigenvalue weighted by Crippen LogP contribution is 2.25. The van der Waals surface area contributed by atoms with Gasteiger partial charge in [0.15, 0.2) is 11.5 Å². The molecule has 1 aromatic heterocycles. The Balaban J connectivity index is 2.09. The molecule has 0 aliphatic heterocycles. The van der Waals surface area contributed by atoms with Gasteiger partial charge in [0.25, 0.3) is 0 Å². The van der Waals surface area contributed by atoms with Crippen molar-refractivity contribution in [1.29, 1.82) is 0 Å². The van der Waals surface area contributed by atoms with Gasteiger partial charge in [-0.2, -0.15) is 0 Å². The highest BCUT2D eigenvalue weighted by atomic mass is 79.9. The van der Waals surface area contributed by atoms with Gasteiger partial charge in [-0.1, -0.05) is 6.07 Å². The van der Waals surface area contributed by atoms with Crippen molar-refractivity contribution < 1.29 is 10.2 Å². The van der Waals surface area contributed by atoms with E-state index in [4.69, 9.17) is 0 Å². The molecule has 4 nitrogen and oxygen atoms in total. The second kappa shape index (κ2) is 5.27. The maximum Gasteiger partial charge on any atom is 0.157 e. The molecule has 0 fully saturated rings. The third kappa shape index (κ3) is 2.92. The lowest BCUT2D eigenvalue weighted by Gasteiger charge is -2.09. The highest BCUT2D eigenvalue weighted by molar-refractivity contribution is 9.10. The zero-order chi connectivity index (χ0) is 13.1. The van der Waals surface area contributed by atoms with Crippen LogP contribution in [0.4, 0.5) is 5.69 Å². The van der Waals surface area contributed by atoms with E-state index in [1.165, 1.54) is 12.1 Å². The van der Waals surface area contributed by atoms with Crippen molar-refractivity contribution in [2.75, 3.05) is 5.32 Å². The molecule has 5 heteroatoms. The van der Waals surface area contributed by atoms with E-state index in [1.807, 2.05) is 19.1 Å². The summed E-state index contributed by atoms with van der Waals surface area (Å²) in [5.74, 6) is -0.222. The molecule has 18 heavy (non-hydrogen) atoms. The first-order valence-corrected chi connectivity index (χ1v) is 6.23. The van der Waals surface area contributed by atoms with Crippen LogP contribution in [0.2, 0.25) is 0 Å². The number of rotatable bonds is 3. The fourth-order valence-electron chi connectivity index (χ4n) is 1.59. The van der Waals surface area contributed by atoms with Crippen molar-refractivity contribution in [2.24, 2.45) is 0 Å². The topological polar surface area (TPSA) is 65.4 Å². The molecule has 0 spiro atoms. The van der Waals surface area contributed by atoms with E-state index >= 15 is 0 Å². The summed E-state index contributed by atoms with van der Waals surface area (Å²) >= 11 is 3.31. The summed E-state index contributed by atoms with van der Waals surface area (Å²) in [5, 5.41) is 21.8. The summed E-state index contributed by atoms with van der Waals surface area (Å²) in [5.41, 5.74) is 2.71. The highest BCUT2D eigenvalue weighted by Gasteiger charge is 2.03. The standard InChI is InChI=1S/C13H13BrN2O2/c1-8-10(3-5-13(14)16-8)15-7-9-2-4-11(17)12(18)6-9/h2-6,15,17-18H,7H2,1H3. The zero-order valence-corrected chi connectivity index (χ0v) is 11.4. The van der Waals surface area contributed by atoms with Gasteiger partial charge in [0.2, 0.25) is 0 Å². The molecule has 1 aromatic carbocycles. The van der Waals surface area contributed by atoms with Crippen LogP contribution in [-0.2, 0) is 6.54 Å². The second-order valence-corrected chi connectivity index (χ2v) is 4.76. The first kappa shape index (κ1) is 12.7. The quantitative estimate of drug-likeness (QED) is 0.602. The third-order valence-corrected chi connectivity index (χ3v) is 3.02. The Morgan fingerprint density at radius 2 is 1.94 bits per heavy atom. The Morgan fingerprint density at radius 3 is 2.61 bits per heavy atom. The molecule has 94 valence electrons. The van der Waals surface area contributed by atoms with Gasteiger partial charge >= 0.3 is 0 Å². The van der Waals surface area contributed by atoms with Gasteiger partial charge in [0.1, 0.15) is 4.60 Å². The molecular weight excluding hydrogens is 296 g/mol. The number of halogens is 1. The number of phenolic OH excluding ortho intramolecular Hbond substituents is 2. The van der Waals surface area contributed by atoms with Crippen LogP contribution in [0.3, 0.4) is 0 Å². The first-order chi connectivity index (χ1) is 8.56. The van der Waals surface area contributed by atoms with E-state index in [9.17, 15) is 10.2 Å². The zero-order valence-electron chi connectivity index (χ0n) is 9.81. The fourth-order valence-corrected chi connectivity index (χ4v) is 1.99. The Hall–Kier alpha value is -1.75. The molecule has 2 rings (SSSR count). The van der Waals surface area contributed by atoms with Crippen LogP contribution in [-0.4, -0.2) is 15.2 Å². The molecule has 0 aliphatic carbocycles. The van der Waals surface area contributed by atoms with Crippen LogP contribution >= 0.6 is 15.9 Å². The molecule has 0 amide bonds. The van der Waals surface area contributed by atoms with Crippen molar-refractivity contribution in [2.45, 2.75) is 13.5 Å². The van der Waals surface area contributed by atoms with Crippen LogP contribution in [0.5, 0.6) is 11.5 Å². The summed E-state index contributed by atoms with van der Waals surface area (Å²) in [6, 6.07) is 8.56. The average molecular weight is 309 g/mol. The number of pyridine rings is 1. The van der Waals surface area contributed by atoms with E-state index < -0.39 is 0 Å². The molecule has 3 N–H and O–H groups in total. The lowest BCUT2D eigenvalue weighted by Crippen LogP contribution is -2.02. The number of anilines is 1. The molecule has 0 aliphatic rings. The lowest BCUT2D eigenvalue weighted by atomic mass is 10.2. The minimum Gasteiger partial charge on any atom is -0.504 e.